The molecule has 0 atom stereocenters. The molecule has 0 radical (unpaired) electrons. The minimum atomic E-state index is -0.225. The van der Waals surface area contributed by atoms with E-state index in [0.717, 1.165) is 5.82 Å². The largest absolute Gasteiger partial charge is 0.396 e. The van der Waals surface area contributed by atoms with E-state index < -0.39 is 0 Å². The molecular weight excluding hydrogens is 256 g/mol. The third-order valence-electron chi connectivity index (χ3n) is 3.73. The molecule has 0 aliphatic carbocycles. The fourth-order valence-electron chi connectivity index (χ4n) is 2.30. The summed E-state index contributed by atoms with van der Waals surface area (Å²) in [5.74, 6) is 0.813. The van der Waals surface area contributed by atoms with Crippen LogP contribution in [0.25, 0.3) is 0 Å². The SMILES string of the molecule is Cc1ccc(Cc2nnnn2CC2(CO)COC2)cc1. The van der Waals surface area contributed by atoms with Crippen LogP contribution in [0.2, 0.25) is 0 Å². The second kappa shape index (κ2) is 5.30. The molecule has 20 heavy (non-hydrogen) atoms. The number of aliphatic hydroxyl groups is 1. The van der Waals surface area contributed by atoms with Gasteiger partial charge >= 0.3 is 0 Å². The molecule has 6 heteroatoms. The van der Waals surface area contributed by atoms with Gasteiger partial charge in [0.25, 0.3) is 0 Å². The van der Waals surface area contributed by atoms with Crippen molar-refractivity contribution in [2.45, 2.75) is 19.9 Å². The van der Waals surface area contributed by atoms with Crippen LogP contribution in [-0.4, -0.2) is 45.1 Å². The summed E-state index contributed by atoms with van der Waals surface area (Å²) in [5, 5.41) is 21.4. The van der Waals surface area contributed by atoms with E-state index in [4.69, 9.17) is 4.74 Å². The smallest absolute Gasteiger partial charge is 0.155 e. The summed E-state index contributed by atoms with van der Waals surface area (Å²) in [7, 11) is 0. The summed E-state index contributed by atoms with van der Waals surface area (Å²) >= 11 is 0. The van der Waals surface area contributed by atoms with Crippen molar-refractivity contribution in [2.24, 2.45) is 5.41 Å². The average molecular weight is 274 g/mol. The van der Waals surface area contributed by atoms with Gasteiger partial charge in [0.05, 0.1) is 31.8 Å². The second-order valence-corrected chi connectivity index (χ2v) is 5.57. The molecule has 0 unspecified atom stereocenters. The number of rotatable bonds is 5. The number of ether oxygens (including phenoxy) is 1. The van der Waals surface area contributed by atoms with Crippen molar-refractivity contribution in [2.75, 3.05) is 19.8 Å². The van der Waals surface area contributed by atoms with E-state index in [-0.39, 0.29) is 12.0 Å². The Balaban J connectivity index is 1.74. The van der Waals surface area contributed by atoms with E-state index in [0.29, 0.717) is 26.2 Å². The van der Waals surface area contributed by atoms with Crippen LogP contribution in [0.5, 0.6) is 0 Å². The Kier molecular flexibility index (Phi) is 3.50. The molecule has 1 aliphatic rings. The Morgan fingerprint density at radius 2 is 2.05 bits per heavy atom. The molecule has 1 fully saturated rings. The van der Waals surface area contributed by atoms with Gasteiger partial charge < -0.3 is 9.84 Å². The van der Waals surface area contributed by atoms with Crippen molar-refractivity contribution in [3.63, 3.8) is 0 Å². The maximum atomic E-state index is 9.48. The van der Waals surface area contributed by atoms with Gasteiger partial charge in [0.1, 0.15) is 0 Å². The van der Waals surface area contributed by atoms with Gasteiger partial charge in [-0.1, -0.05) is 29.8 Å². The predicted octanol–water partition coefficient (Wildman–Crippen LogP) is 0.581. The molecule has 1 aromatic carbocycles. The van der Waals surface area contributed by atoms with Crippen molar-refractivity contribution >= 4 is 0 Å². The standard InChI is InChI=1S/C14H18N4O2/c1-11-2-4-12(5-3-11)6-13-15-16-17-18(13)7-14(8-19)9-20-10-14/h2-5,19H,6-10H2,1H3. The maximum absolute atomic E-state index is 9.48. The topological polar surface area (TPSA) is 73.1 Å². The quantitative estimate of drug-likeness (QED) is 0.863. The fraction of sp³-hybridized carbons (Fsp3) is 0.500. The first-order valence-electron chi connectivity index (χ1n) is 6.70. The van der Waals surface area contributed by atoms with Crippen LogP contribution in [0.1, 0.15) is 17.0 Å². The molecule has 0 spiro atoms. The summed E-state index contributed by atoms with van der Waals surface area (Å²) in [5.41, 5.74) is 2.19. The molecule has 6 nitrogen and oxygen atoms in total. The first kappa shape index (κ1) is 13.2. The van der Waals surface area contributed by atoms with Gasteiger partial charge in [-0.2, -0.15) is 0 Å². The van der Waals surface area contributed by atoms with E-state index in [2.05, 4.69) is 46.7 Å². The summed E-state index contributed by atoms with van der Waals surface area (Å²) < 4.78 is 6.98. The highest BCUT2D eigenvalue weighted by Crippen LogP contribution is 2.28. The van der Waals surface area contributed by atoms with E-state index >= 15 is 0 Å². The number of aliphatic hydroxyl groups excluding tert-OH is 1. The van der Waals surface area contributed by atoms with Crippen molar-refractivity contribution in [1.29, 1.82) is 0 Å². The Morgan fingerprint density at radius 1 is 1.30 bits per heavy atom. The lowest BCUT2D eigenvalue weighted by molar-refractivity contribution is -0.146. The van der Waals surface area contributed by atoms with Crippen molar-refractivity contribution < 1.29 is 9.84 Å². The van der Waals surface area contributed by atoms with Gasteiger partial charge in [-0.15, -0.1) is 5.10 Å². The van der Waals surface area contributed by atoms with Gasteiger partial charge in [-0.3, -0.25) is 0 Å². The molecular formula is C14H18N4O2. The van der Waals surface area contributed by atoms with Crippen LogP contribution in [0, 0.1) is 12.3 Å². The summed E-state index contributed by atoms with van der Waals surface area (Å²) in [4.78, 5) is 0. The molecule has 2 aromatic rings. The number of hydrogen-bond donors (Lipinski definition) is 1. The van der Waals surface area contributed by atoms with E-state index in [9.17, 15) is 5.11 Å². The summed E-state index contributed by atoms with van der Waals surface area (Å²) in [6.45, 7) is 3.88. The van der Waals surface area contributed by atoms with Crippen LogP contribution in [0.4, 0.5) is 0 Å². The third kappa shape index (κ3) is 2.57. The molecule has 3 rings (SSSR count). The normalized spacial score (nSPS) is 16.9. The number of aromatic nitrogens is 4. The zero-order valence-electron chi connectivity index (χ0n) is 11.5. The van der Waals surface area contributed by atoms with Crippen molar-refractivity contribution in [3.05, 3.63) is 41.2 Å². The van der Waals surface area contributed by atoms with Gasteiger partial charge in [0.2, 0.25) is 0 Å². The lowest BCUT2D eigenvalue weighted by atomic mass is 9.87. The highest BCUT2D eigenvalue weighted by atomic mass is 16.5. The Labute approximate surface area is 117 Å². The first-order valence-corrected chi connectivity index (χ1v) is 6.70. The molecule has 1 saturated heterocycles. The highest BCUT2D eigenvalue weighted by Gasteiger charge is 2.39. The Hall–Kier alpha value is -1.79. The van der Waals surface area contributed by atoms with Crippen LogP contribution in [-0.2, 0) is 17.7 Å². The zero-order valence-corrected chi connectivity index (χ0v) is 11.5. The van der Waals surface area contributed by atoms with Crippen LogP contribution in [0.3, 0.4) is 0 Å². The number of benzene rings is 1. The predicted molar refractivity (Wildman–Crippen MR) is 72.1 cm³/mol. The molecule has 0 amide bonds. The lowest BCUT2D eigenvalue weighted by Gasteiger charge is -2.39. The fourth-order valence-corrected chi connectivity index (χ4v) is 2.30. The number of hydrogen-bond acceptors (Lipinski definition) is 5. The second-order valence-electron chi connectivity index (χ2n) is 5.57. The molecule has 2 heterocycles. The van der Waals surface area contributed by atoms with Crippen molar-refractivity contribution in [3.8, 4) is 0 Å². The molecule has 1 N–H and O–H groups in total. The van der Waals surface area contributed by atoms with E-state index in [1.165, 1.54) is 11.1 Å². The minimum absolute atomic E-state index is 0.0941. The van der Waals surface area contributed by atoms with Gasteiger partial charge in [-0.25, -0.2) is 4.68 Å². The first-order chi connectivity index (χ1) is 9.71. The number of aryl methyl sites for hydroxylation is 1. The molecule has 106 valence electrons. The monoisotopic (exact) mass is 274 g/mol. The molecule has 0 saturated carbocycles. The highest BCUT2D eigenvalue weighted by molar-refractivity contribution is 5.23. The number of tetrazole rings is 1. The molecule has 0 bridgehead atoms. The summed E-state index contributed by atoms with van der Waals surface area (Å²) in [6.07, 6.45) is 0.690. The van der Waals surface area contributed by atoms with E-state index in [1.807, 2.05) is 0 Å². The van der Waals surface area contributed by atoms with Gasteiger partial charge in [-0.05, 0) is 22.9 Å². The van der Waals surface area contributed by atoms with E-state index in [1.54, 1.807) is 4.68 Å². The Morgan fingerprint density at radius 3 is 2.65 bits per heavy atom. The van der Waals surface area contributed by atoms with Crippen molar-refractivity contribution in [1.82, 2.24) is 20.2 Å². The molecule has 1 aromatic heterocycles. The van der Waals surface area contributed by atoms with Crippen LogP contribution in [0.15, 0.2) is 24.3 Å². The number of nitrogens with zero attached hydrogens (tertiary/aromatic N) is 4. The Bertz CT molecular complexity index is 570. The van der Waals surface area contributed by atoms with Crippen LogP contribution >= 0.6 is 0 Å². The third-order valence-corrected chi connectivity index (χ3v) is 3.73. The zero-order chi connectivity index (χ0) is 14.0. The maximum Gasteiger partial charge on any atom is 0.155 e. The summed E-state index contributed by atoms with van der Waals surface area (Å²) in [6, 6.07) is 8.34. The average Bonchev–Trinajstić information content (AvgIpc) is 2.84. The van der Waals surface area contributed by atoms with Gasteiger partial charge in [0, 0.05) is 6.42 Å². The van der Waals surface area contributed by atoms with Crippen LogP contribution < -0.4 is 0 Å². The molecule has 1 aliphatic heterocycles. The minimum Gasteiger partial charge on any atom is -0.396 e. The van der Waals surface area contributed by atoms with Gasteiger partial charge in [0.15, 0.2) is 5.82 Å². The lowest BCUT2D eigenvalue weighted by Crippen LogP contribution is -2.49.